The van der Waals surface area contributed by atoms with Crippen LogP contribution in [0, 0.1) is 12.8 Å². The molecule has 1 N–H and O–H groups in total. The summed E-state index contributed by atoms with van der Waals surface area (Å²) in [6, 6.07) is 7.71. The predicted octanol–water partition coefficient (Wildman–Crippen LogP) is 4.71. The highest BCUT2D eigenvalue weighted by molar-refractivity contribution is 5.97. The van der Waals surface area contributed by atoms with Gasteiger partial charge in [-0.05, 0) is 68.9 Å². The van der Waals surface area contributed by atoms with Crippen LogP contribution >= 0.6 is 0 Å². The fraction of sp³-hybridized carbons (Fsp3) is 0.500. The van der Waals surface area contributed by atoms with Crippen LogP contribution in [0.15, 0.2) is 36.4 Å². The lowest BCUT2D eigenvalue weighted by molar-refractivity contribution is -0.200. The Labute approximate surface area is 237 Å². The number of carbonyl (C=O) groups is 2. The Morgan fingerprint density at radius 2 is 1.98 bits per heavy atom. The van der Waals surface area contributed by atoms with Crippen LogP contribution in [0.2, 0.25) is 0 Å². The maximum absolute atomic E-state index is 13.6. The van der Waals surface area contributed by atoms with Gasteiger partial charge in [0.25, 0.3) is 5.91 Å². The van der Waals surface area contributed by atoms with Gasteiger partial charge in [0.05, 0.1) is 13.7 Å². The van der Waals surface area contributed by atoms with Crippen LogP contribution in [-0.4, -0.2) is 62.6 Å². The van der Waals surface area contributed by atoms with E-state index >= 15 is 0 Å². The third kappa shape index (κ3) is 7.38. The fourth-order valence-corrected chi connectivity index (χ4v) is 5.54. The van der Waals surface area contributed by atoms with Crippen molar-refractivity contribution in [3.05, 3.63) is 64.4 Å². The number of aryl methyl sites for hydroxylation is 1. The molecule has 0 aliphatic carbocycles. The molecule has 2 aliphatic rings. The van der Waals surface area contributed by atoms with Gasteiger partial charge in [-0.15, -0.1) is 0 Å². The highest BCUT2D eigenvalue weighted by Gasteiger charge is 2.41. The summed E-state index contributed by atoms with van der Waals surface area (Å²) in [5.41, 5.74) is 4.26. The van der Waals surface area contributed by atoms with E-state index in [1.807, 2.05) is 18.2 Å². The molecule has 1 amide bonds. The third-order valence-corrected chi connectivity index (χ3v) is 7.48. The molecule has 2 aromatic rings. The van der Waals surface area contributed by atoms with Crippen LogP contribution in [-0.2, 0) is 33.7 Å². The number of hydrogen-bond donors (Lipinski definition) is 1. The first-order valence-corrected chi connectivity index (χ1v) is 13.8. The van der Waals surface area contributed by atoms with Gasteiger partial charge in [0.2, 0.25) is 5.88 Å². The van der Waals surface area contributed by atoms with Crippen LogP contribution in [0.4, 0.5) is 18.9 Å². The number of hydrogen-bond acceptors (Lipinski definition) is 7. The molecule has 41 heavy (non-hydrogen) atoms. The molecular formula is C30H36F3N3O5. The molecule has 4 rings (SSSR count). The topological polar surface area (TPSA) is 90.0 Å². The minimum Gasteiger partial charge on any atom is -0.481 e. The van der Waals surface area contributed by atoms with Crippen molar-refractivity contribution in [2.24, 2.45) is 5.92 Å². The van der Waals surface area contributed by atoms with Crippen LogP contribution in [0.3, 0.4) is 0 Å². The lowest BCUT2D eigenvalue weighted by Gasteiger charge is -2.37. The van der Waals surface area contributed by atoms with Gasteiger partial charge in [-0.1, -0.05) is 18.2 Å². The van der Waals surface area contributed by atoms with Crippen molar-refractivity contribution in [1.29, 1.82) is 0 Å². The van der Waals surface area contributed by atoms with E-state index in [1.54, 1.807) is 25.1 Å². The second-order valence-corrected chi connectivity index (χ2v) is 10.2. The van der Waals surface area contributed by atoms with E-state index in [4.69, 9.17) is 9.47 Å². The highest BCUT2D eigenvalue weighted by atomic mass is 19.4. The van der Waals surface area contributed by atoms with Crippen molar-refractivity contribution in [2.75, 3.05) is 38.4 Å². The number of rotatable bonds is 6. The summed E-state index contributed by atoms with van der Waals surface area (Å²) in [7, 11) is 1.47. The number of nitrogens with zero attached hydrogens (tertiary/aromatic N) is 2. The molecule has 1 aromatic carbocycles. The Bertz CT molecular complexity index is 1270. The zero-order valence-corrected chi connectivity index (χ0v) is 23.6. The molecule has 8 nitrogen and oxygen atoms in total. The predicted molar refractivity (Wildman–Crippen MR) is 147 cm³/mol. The van der Waals surface area contributed by atoms with Crippen molar-refractivity contribution in [2.45, 2.75) is 58.3 Å². The molecule has 1 saturated heterocycles. The molecule has 1 unspecified atom stereocenters. The number of methoxy groups -OCH3 is 1. The Morgan fingerprint density at radius 1 is 1.22 bits per heavy atom. The zero-order chi connectivity index (χ0) is 29.6. The number of nitrogens with one attached hydrogen (secondary N) is 1. The highest BCUT2D eigenvalue weighted by Crippen LogP contribution is 2.31. The number of amides is 1. The number of anilines is 1. The Hall–Kier alpha value is -3.60. The first-order valence-electron chi connectivity index (χ1n) is 13.8. The summed E-state index contributed by atoms with van der Waals surface area (Å²) >= 11 is 0. The standard InChI is InChI=1S/C30H36F3N3O5/c1-4-36(22-11-13-40-14-12-22)26-10-6-9-24-23(26)8-5-7-20(18-41-29(38)30(31,32)33)16-21-15-19(2)35-28(39-3)25(21)17-34-27(24)37/h5-7,9-10,15,20,22H,4,8,11-14,16-18H2,1-3H3,(H,34,37)/b7-5+. The van der Waals surface area contributed by atoms with E-state index in [-0.39, 0.29) is 24.9 Å². The second-order valence-electron chi connectivity index (χ2n) is 10.2. The molecule has 0 bridgehead atoms. The number of allylic oxidation sites excluding steroid dienone is 1. The molecule has 11 heteroatoms. The van der Waals surface area contributed by atoms with Crippen molar-refractivity contribution < 1.29 is 37.0 Å². The Balaban J connectivity index is 1.75. The number of carbonyl (C=O) groups excluding carboxylic acids is 2. The van der Waals surface area contributed by atoms with Crippen LogP contribution in [0.25, 0.3) is 0 Å². The molecule has 1 fully saturated rings. The van der Waals surface area contributed by atoms with Crippen LogP contribution in [0.5, 0.6) is 5.88 Å². The molecule has 0 spiro atoms. The van der Waals surface area contributed by atoms with Gasteiger partial charge >= 0.3 is 12.1 Å². The molecule has 3 heterocycles. The molecule has 1 atom stereocenters. The monoisotopic (exact) mass is 575 g/mol. The SMILES string of the molecule is CCN(c1cccc2c1C/C=C/C(COC(=O)C(F)(F)F)Cc1cc(C)nc(OC)c1CNC2=O)C1CCOCC1. The number of alkyl halides is 3. The Morgan fingerprint density at radius 3 is 2.66 bits per heavy atom. The largest absolute Gasteiger partial charge is 0.490 e. The van der Waals surface area contributed by atoms with Crippen molar-refractivity contribution in [1.82, 2.24) is 10.3 Å². The summed E-state index contributed by atoms with van der Waals surface area (Å²) in [5, 5.41) is 3.00. The smallest absolute Gasteiger partial charge is 0.481 e. The summed E-state index contributed by atoms with van der Waals surface area (Å²) in [5.74, 6) is -2.72. The average Bonchev–Trinajstić information content (AvgIpc) is 2.95. The third-order valence-electron chi connectivity index (χ3n) is 7.48. The van der Waals surface area contributed by atoms with Crippen LogP contribution < -0.4 is 15.0 Å². The van der Waals surface area contributed by atoms with Crippen molar-refractivity contribution in [3.63, 3.8) is 0 Å². The average molecular weight is 576 g/mol. The Kier molecular flexibility index (Phi) is 9.90. The van der Waals surface area contributed by atoms with E-state index in [2.05, 4.69) is 26.9 Å². The molecule has 0 saturated carbocycles. The van der Waals surface area contributed by atoms with Crippen molar-refractivity contribution in [3.8, 4) is 5.88 Å². The van der Waals surface area contributed by atoms with Gasteiger partial charge in [-0.25, -0.2) is 9.78 Å². The first-order chi connectivity index (χ1) is 19.6. The zero-order valence-electron chi connectivity index (χ0n) is 23.6. The maximum Gasteiger partial charge on any atom is 0.490 e. The normalized spacial score (nSPS) is 19.1. The summed E-state index contributed by atoms with van der Waals surface area (Å²) in [4.78, 5) is 31.8. The van der Waals surface area contributed by atoms with Gasteiger partial charge < -0.3 is 24.4 Å². The fourth-order valence-electron chi connectivity index (χ4n) is 5.54. The van der Waals surface area contributed by atoms with E-state index in [0.717, 1.165) is 36.2 Å². The molecule has 2 aliphatic heterocycles. The van der Waals surface area contributed by atoms with Gasteiger partial charge in [0.1, 0.15) is 0 Å². The van der Waals surface area contributed by atoms with E-state index in [9.17, 15) is 22.8 Å². The lowest BCUT2D eigenvalue weighted by atomic mass is 9.93. The number of pyridine rings is 1. The number of halogens is 3. The van der Waals surface area contributed by atoms with E-state index in [0.29, 0.717) is 42.3 Å². The first kappa shape index (κ1) is 30.4. The maximum atomic E-state index is 13.6. The summed E-state index contributed by atoms with van der Waals surface area (Å²) < 4.78 is 54.4. The van der Waals surface area contributed by atoms with E-state index < -0.39 is 24.7 Å². The van der Waals surface area contributed by atoms with Gasteiger partial charge in [-0.3, -0.25) is 4.79 Å². The lowest BCUT2D eigenvalue weighted by Crippen LogP contribution is -2.40. The van der Waals surface area contributed by atoms with Gasteiger partial charge in [0, 0.05) is 60.8 Å². The van der Waals surface area contributed by atoms with Gasteiger partial charge in [-0.2, -0.15) is 13.2 Å². The molecular weight excluding hydrogens is 539 g/mol. The van der Waals surface area contributed by atoms with E-state index in [1.165, 1.54) is 7.11 Å². The molecule has 0 radical (unpaired) electrons. The summed E-state index contributed by atoms with van der Waals surface area (Å²) in [6.07, 6.45) is 0.887. The van der Waals surface area contributed by atoms with Crippen LogP contribution in [0.1, 0.15) is 52.5 Å². The quantitative estimate of drug-likeness (QED) is 0.394. The minimum absolute atomic E-state index is 0.102. The number of benzene rings is 1. The van der Waals surface area contributed by atoms with Gasteiger partial charge in [0.15, 0.2) is 0 Å². The second kappa shape index (κ2) is 13.4. The molecule has 1 aromatic heterocycles. The number of ether oxygens (including phenoxy) is 3. The molecule has 222 valence electrons. The number of fused-ring (bicyclic) bond motifs is 2. The summed E-state index contributed by atoms with van der Waals surface area (Å²) in [6.45, 7) is 5.57. The number of aromatic nitrogens is 1. The minimum atomic E-state index is -5.08. The number of esters is 1. The van der Waals surface area contributed by atoms with Crippen molar-refractivity contribution >= 4 is 17.6 Å².